The van der Waals surface area contributed by atoms with E-state index in [9.17, 15) is 5.11 Å². The minimum atomic E-state index is 0.0519. The Morgan fingerprint density at radius 2 is 1.62 bits per heavy atom. The monoisotopic (exact) mass is 384 g/mol. The van der Waals surface area contributed by atoms with Crippen LogP contribution < -0.4 is 4.74 Å². The summed E-state index contributed by atoms with van der Waals surface area (Å²) >= 11 is 0. The molecule has 0 radical (unpaired) electrons. The highest BCUT2D eigenvalue weighted by molar-refractivity contribution is 5.85. The van der Waals surface area contributed by atoms with E-state index in [1.165, 1.54) is 71.0 Å². The van der Waals surface area contributed by atoms with Gasteiger partial charge in [-0.2, -0.15) is 0 Å². The zero-order valence-electron chi connectivity index (χ0n) is 16.9. The summed E-state index contributed by atoms with van der Waals surface area (Å²) in [6.07, 6.45) is 7.40. The van der Waals surface area contributed by atoms with Gasteiger partial charge in [0.05, 0.1) is 6.61 Å². The Bertz CT molecular complexity index is 1010. The van der Waals surface area contributed by atoms with Crippen LogP contribution in [0.2, 0.25) is 0 Å². The molecule has 2 aliphatic rings. The second kappa shape index (κ2) is 8.04. The Morgan fingerprint density at radius 3 is 2.48 bits per heavy atom. The average Bonchev–Trinajstić information content (AvgIpc) is 3.17. The van der Waals surface area contributed by atoms with Crippen molar-refractivity contribution in [2.75, 3.05) is 13.2 Å². The molecule has 148 valence electrons. The van der Waals surface area contributed by atoms with E-state index in [4.69, 9.17) is 4.74 Å². The molecule has 5 rings (SSSR count). The lowest BCUT2D eigenvalue weighted by molar-refractivity contribution is 0.199. The van der Waals surface area contributed by atoms with E-state index >= 15 is 0 Å². The van der Waals surface area contributed by atoms with Gasteiger partial charge in [-0.05, 0) is 76.3 Å². The highest BCUT2D eigenvalue weighted by Crippen LogP contribution is 2.44. The van der Waals surface area contributed by atoms with Crippen LogP contribution in [0.15, 0.2) is 60.7 Å². The SMILES string of the molecule is OCCOc1ccc(-c2cccc3c2Cc2ccccc2-3)cc1C1CCCCC1. The molecule has 1 N–H and O–H groups in total. The molecule has 0 aromatic heterocycles. The van der Waals surface area contributed by atoms with E-state index in [-0.39, 0.29) is 6.61 Å². The molecule has 0 unspecified atom stereocenters. The van der Waals surface area contributed by atoms with Crippen LogP contribution in [0.5, 0.6) is 5.75 Å². The normalized spacial score (nSPS) is 15.8. The number of aliphatic hydroxyl groups is 1. The molecule has 0 atom stereocenters. The van der Waals surface area contributed by atoms with Gasteiger partial charge in [-0.1, -0.05) is 67.8 Å². The second-order valence-electron chi connectivity index (χ2n) is 8.33. The summed E-state index contributed by atoms with van der Waals surface area (Å²) in [7, 11) is 0. The molecule has 0 bridgehead atoms. The van der Waals surface area contributed by atoms with Crippen LogP contribution in [0.1, 0.15) is 54.7 Å². The summed E-state index contributed by atoms with van der Waals surface area (Å²) in [5, 5.41) is 9.23. The van der Waals surface area contributed by atoms with E-state index in [2.05, 4.69) is 60.7 Å². The van der Waals surface area contributed by atoms with Crippen molar-refractivity contribution in [3.63, 3.8) is 0 Å². The van der Waals surface area contributed by atoms with Crippen molar-refractivity contribution >= 4 is 0 Å². The molecular formula is C27H28O2. The molecule has 3 aromatic rings. The van der Waals surface area contributed by atoms with Gasteiger partial charge >= 0.3 is 0 Å². The number of hydrogen-bond acceptors (Lipinski definition) is 2. The van der Waals surface area contributed by atoms with Crippen molar-refractivity contribution in [2.45, 2.75) is 44.4 Å². The average molecular weight is 385 g/mol. The molecule has 0 heterocycles. The summed E-state index contributed by atoms with van der Waals surface area (Å²) in [6.45, 7) is 0.408. The predicted molar refractivity (Wildman–Crippen MR) is 119 cm³/mol. The van der Waals surface area contributed by atoms with Gasteiger partial charge in [-0.25, -0.2) is 0 Å². The van der Waals surface area contributed by atoms with Gasteiger partial charge in [0.15, 0.2) is 0 Å². The van der Waals surface area contributed by atoms with E-state index in [0.29, 0.717) is 12.5 Å². The van der Waals surface area contributed by atoms with Gasteiger partial charge in [0.1, 0.15) is 12.4 Å². The number of hydrogen-bond donors (Lipinski definition) is 1. The molecule has 1 fully saturated rings. The first kappa shape index (κ1) is 18.4. The highest BCUT2D eigenvalue weighted by atomic mass is 16.5. The zero-order chi connectivity index (χ0) is 19.6. The first-order valence-electron chi connectivity index (χ1n) is 10.9. The first-order valence-corrected chi connectivity index (χ1v) is 10.9. The second-order valence-corrected chi connectivity index (χ2v) is 8.33. The Hall–Kier alpha value is -2.58. The molecule has 3 aromatic carbocycles. The van der Waals surface area contributed by atoms with Crippen LogP contribution in [0.3, 0.4) is 0 Å². The Kier molecular flexibility index (Phi) is 5.12. The standard InChI is InChI=1S/C27H28O2/c28-15-16-29-27-14-13-21(17-25(27)19-7-2-1-3-8-19)23-11-6-12-24-22-10-5-4-9-20(22)18-26(23)24/h4-6,9-14,17,19,28H,1-3,7-8,15-16,18H2. The number of ether oxygens (including phenoxy) is 1. The lowest BCUT2D eigenvalue weighted by Crippen LogP contribution is -2.09. The third kappa shape index (κ3) is 3.47. The van der Waals surface area contributed by atoms with Crippen molar-refractivity contribution in [1.29, 1.82) is 0 Å². The fourth-order valence-corrected chi connectivity index (χ4v) is 5.16. The van der Waals surface area contributed by atoms with E-state index in [0.717, 1.165) is 12.2 Å². The molecule has 0 spiro atoms. The molecule has 0 aliphatic heterocycles. The van der Waals surface area contributed by atoms with E-state index in [1.54, 1.807) is 0 Å². The maximum Gasteiger partial charge on any atom is 0.122 e. The molecule has 29 heavy (non-hydrogen) atoms. The van der Waals surface area contributed by atoms with Gasteiger partial charge in [0.25, 0.3) is 0 Å². The minimum absolute atomic E-state index is 0.0519. The third-order valence-corrected chi connectivity index (χ3v) is 6.57. The number of aliphatic hydroxyl groups excluding tert-OH is 1. The van der Waals surface area contributed by atoms with Gasteiger partial charge in [0, 0.05) is 0 Å². The van der Waals surface area contributed by atoms with E-state index < -0.39 is 0 Å². The Labute approximate surface area is 173 Å². The van der Waals surface area contributed by atoms with Gasteiger partial charge in [-0.3, -0.25) is 0 Å². The van der Waals surface area contributed by atoms with Crippen molar-refractivity contribution in [1.82, 2.24) is 0 Å². The van der Waals surface area contributed by atoms with Crippen molar-refractivity contribution in [2.24, 2.45) is 0 Å². The molecule has 2 aliphatic carbocycles. The summed E-state index contributed by atoms with van der Waals surface area (Å²) in [5.41, 5.74) is 9.55. The molecule has 1 saturated carbocycles. The Morgan fingerprint density at radius 1 is 0.828 bits per heavy atom. The van der Waals surface area contributed by atoms with Crippen LogP contribution in [-0.4, -0.2) is 18.3 Å². The maximum absolute atomic E-state index is 9.23. The molecule has 0 saturated heterocycles. The quantitative estimate of drug-likeness (QED) is 0.435. The zero-order valence-corrected chi connectivity index (χ0v) is 16.9. The molecule has 0 amide bonds. The first-order chi connectivity index (χ1) is 14.3. The summed E-state index contributed by atoms with van der Waals surface area (Å²) in [6, 6.07) is 22.1. The highest BCUT2D eigenvalue weighted by Gasteiger charge is 2.23. The van der Waals surface area contributed by atoms with Crippen LogP contribution in [0.4, 0.5) is 0 Å². The largest absolute Gasteiger partial charge is 0.491 e. The van der Waals surface area contributed by atoms with Crippen molar-refractivity contribution in [3.8, 4) is 28.0 Å². The summed E-state index contributed by atoms with van der Waals surface area (Å²) in [5.74, 6) is 1.51. The number of benzene rings is 3. The van der Waals surface area contributed by atoms with Gasteiger partial charge in [-0.15, -0.1) is 0 Å². The number of fused-ring (bicyclic) bond motifs is 3. The topological polar surface area (TPSA) is 29.5 Å². The van der Waals surface area contributed by atoms with E-state index in [1.807, 2.05) is 0 Å². The smallest absolute Gasteiger partial charge is 0.122 e. The fraction of sp³-hybridized carbons (Fsp3) is 0.333. The van der Waals surface area contributed by atoms with Gasteiger partial charge in [0.2, 0.25) is 0 Å². The molecule has 2 nitrogen and oxygen atoms in total. The minimum Gasteiger partial charge on any atom is -0.491 e. The van der Waals surface area contributed by atoms with Crippen LogP contribution in [-0.2, 0) is 6.42 Å². The Balaban J connectivity index is 1.57. The lowest BCUT2D eigenvalue weighted by atomic mass is 9.82. The molecule has 2 heteroatoms. The van der Waals surface area contributed by atoms with Crippen LogP contribution in [0.25, 0.3) is 22.3 Å². The predicted octanol–water partition coefficient (Wildman–Crippen LogP) is 6.34. The van der Waals surface area contributed by atoms with Crippen molar-refractivity contribution < 1.29 is 9.84 Å². The third-order valence-electron chi connectivity index (χ3n) is 6.57. The fourth-order valence-electron chi connectivity index (χ4n) is 5.16. The van der Waals surface area contributed by atoms with Gasteiger partial charge < -0.3 is 9.84 Å². The van der Waals surface area contributed by atoms with Crippen LogP contribution in [0, 0.1) is 0 Å². The summed E-state index contributed by atoms with van der Waals surface area (Å²) < 4.78 is 5.92. The van der Waals surface area contributed by atoms with Crippen molar-refractivity contribution in [3.05, 3.63) is 77.4 Å². The molecular weight excluding hydrogens is 356 g/mol. The maximum atomic E-state index is 9.23. The summed E-state index contributed by atoms with van der Waals surface area (Å²) in [4.78, 5) is 0. The number of rotatable bonds is 5. The lowest BCUT2D eigenvalue weighted by Gasteiger charge is -2.25. The van der Waals surface area contributed by atoms with Crippen LogP contribution >= 0.6 is 0 Å².